The average molecular weight is 189 g/mol. The van der Waals surface area contributed by atoms with Crippen LogP contribution in [0.15, 0.2) is 12.1 Å². The summed E-state index contributed by atoms with van der Waals surface area (Å²) < 4.78 is 0. The molecule has 14 heavy (non-hydrogen) atoms. The molecule has 3 nitrogen and oxygen atoms in total. The van der Waals surface area contributed by atoms with Gasteiger partial charge >= 0.3 is 0 Å². The molecule has 1 N–H and O–H groups in total. The summed E-state index contributed by atoms with van der Waals surface area (Å²) in [4.78, 5) is 4.19. The molecule has 1 aromatic heterocycles. The van der Waals surface area contributed by atoms with Crippen molar-refractivity contribution in [2.24, 2.45) is 5.92 Å². The number of rotatable bonds is 3. The zero-order chi connectivity index (χ0) is 10.6. The van der Waals surface area contributed by atoms with Crippen LogP contribution in [0.3, 0.4) is 0 Å². The minimum atomic E-state index is 0.499. The fraction of sp³-hybridized carbons (Fsp3) is 0.455. The summed E-state index contributed by atoms with van der Waals surface area (Å²) in [5.41, 5.74) is 1.42. The lowest BCUT2D eigenvalue weighted by Gasteiger charge is -2.08. The minimum absolute atomic E-state index is 0.499. The van der Waals surface area contributed by atoms with Crippen molar-refractivity contribution < 1.29 is 0 Å². The molecule has 0 saturated heterocycles. The Hall–Kier alpha value is -1.56. The molecular weight excluding hydrogens is 174 g/mol. The van der Waals surface area contributed by atoms with Crippen molar-refractivity contribution in [3.05, 3.63) is 23.4 Å². The number of anilines is 1. The first-order chi connectivity index (χ1) is 6.63. The summed E-state index contributed by atoms with van der Waals surface area (Å²) in [6.07, 6.45) is 0. The van der Waals surface area contributed by atoms with E-state index in [4.69, 9.17) is 5.26 Å². The van der Waals surface area contributed by atoms with E-state index in [9.17, 15) is 0 Å². The lowest BCUT2D eigenvalue weighted by molar-refractivity contribution is 0.687. The Morgan fingerprint density at radius 2 is 2.21 bits per heavy atom. The topological polar surface area (TPSA) is 48.7 Å². The third kappa shape index (κ3) is 2.74. The van der Waals surface area contributed by atoms with E-state index in [1.165, 1.54) is 0 Å². The molecule has 0 aromatic carbocycles. The molecule has 0 saturated carbocycles. The number of hydrogen-bond donors (Lipinski definition) is 1. The second-order valence-electron chi connectivity index (χ2n) is 3.75. The standard InChI is InChI=1S/C11H15N3/c1-8(2)7-13-11-5-4-9(3)10(6-12)14-11/h4-5,8H,7H2,1-3H3,(H,13,14). The number of nitriles is 1. The number of hydrogen-bond acceptors (Lipinski definition) is 3. The van der Waals surface area contributed by atoms with Crippen LogP contribution in [-0.2, 0) is 0 Å². The van der Waals surface area contributed by atoms with Crippen LogP contribution < -0.4 is 5.32 Å². The number of nitrogens with zero attached hydrogens (tertiary/aromatic N) is 2. The van der Waals surface area contributed by atoms with Gasteiger partial charge in [-0.1, -0.05) is 19.9 Å². The molecule has 1 rings (SSSR count). The summed E-state index contributed by atoms with van der Waals surface area (Å²) >= 11 is 0. The third-order valence-electron chi connectivity index (χ3n) is 1.89. The Kier molecular flexibility index (Phi) is 3.47. The van der Waals surface area contributed by atoms with Crippen LogP contribution in [0, 0.1) is 24.2 Å². The molecule has 0 bridgehead atoms. The van der Waals surface area contributed by atoms with Gasteiger partial charge in [-0.15, -0.1) is 0 Å². The third-order valence-corrected chi connectivity index (χ3v) is 1.89. The van der Waals surface area contributed by atoms with Crippen molar-refractivity contribution in [2.75, 3.05) is 11.9 Å². The summed E-state index contributed by atoms with van der Waals surface area (Å²) in [6.45, 7) is 7.03. The molecular formula is C11H15N3. The van der Waals surface area contributed by atoms with E-state index < -0.39 is 0 Å². The fourth-order valence-electron chi connectivity index (χ4n) is 1.05. The molecule has 0 radical (unpaired) electrons. The van der Waals surface area contributed by atoms with E-state index >= 15 is 0 Å². The zero-order valence-electron chi connectivity index (χ0n) is 8.83. The van der Waals surface area contributed by atoms with Gasteiger partial charge in [-0.2, -0.15) is 5.26 Å². The minimum Gasteiger partial charge on any atom is -0.370 e. The summed E-state index contributed by atoms with van der Waals surface area (Å²) in [7, 11) is 0. The van der Waals surface area contributed by atoms with Gasteiger partial charge in [-0.05, 0) is 24.5 Å². The summed E-state index contributed by atoms with van der Waals surface area (Å²) in [5.74, 6) is 1.35. The van der Waals surface area contributed by atoms with Crippen molar-refractivity contribution in [1.82, 2.24) is 4.98 Å². The molecule has 3 heteroatoms. The SMILES string of the molecule is Cc1ccc(NCC(C)C)nc1C#N. The highest BCUT2D eigenvalue weighted by molar-refractivity contribution is 5.42. The van der Waals surface area contributed by atoms with Gasteiger partial charge < -0.3 is 5.32 Å². The maximum Gasteiger partial charge on any atom is 0.145 e. The fourth-order valence-corrected chi connectivity index (χ4v) is 1.05. The number of aryl methyl sites for hydroxylation is 1. The molecule has 1 heterocycles. The second-order valence-corrected chi connectivity index (χ2v) is 3.75. The molecule has 0 aliphatic heterocycles. The Balaban J connectivity index is 2.76. The molecule has 0 atom stereocenters. The number of pyridine rings is 1. The first-order valence-electron chi connectivity index (χ1n) is 4.75. The van der Waals surface area contributed by atoms with Gasteiger partial charge in [0.15, 0.2) is 0 Å². The number of aromatic nitrogens is 1. The first kappa shape index (κ1) is 10.5. The molecule has 0 amide bonds. The van der Waals surface area contributed by atoms with Crippen LogP contribution in [-0.4, -0.2) is 11.5 Å². The van der Waals surface area contributed by atoms with Crippen molar-refractivity contribution >= 4 is 5.82 Å². The molecule has 0 aliphatic rings. The Morgan fingerprint density at radius 3 is 2.79 bits per heavy atom. The van der Waals surface area contributed by atoms with E-state index in [1.807, 2.05) is 19.1 Å². The average Bonchev–Trinajstić information content (AvgIpc) is 2.16. The van der Waals surface area contributed by atoms with Gasteiger partial charge in [0.05, 0.1) is 0 Å². The highest BCUT2D eigenvalue weighted by Crippen LogP contribution is 2.09. The van der Waals surface area contributed by atoms with Crippen molar-refractivity contribution in [3.63, 3.8) is 0 Å². The molecule has 1 aromatic rings. The van der Waals surface area contributed by atoms with E-state index in [2.05, 4.69) is 30.2 Å². The summed E-state index contributed by atoms with van der Waals surface area (Å²) in [6, 6.07) is 5.88. The smallest absolute Gasteiger partial charge is 0.145 e. The van der Waals surface area contributed by atoms with E-state index in [1.54, 1.807) is 0 Å². The highest BCUT2D eigenvalue weighted by atomic mass is 15.0. The van der Waals surface area contributed by atoms with Crippen LogP contribution in [0.1, 0.15) is 25.1 Å². The maximum absolute atomic E-state index is 8.78. The predicted octanol–water partition coefficient (Wildman–Crippen LogP) is 2.33. The molecule has 0 fully saturated rings. The van der Waals surface area contributed by atoms with Gasteiger partial charge in [-0.3, -0.25) is 0 Å². The Bertz CT molecular complexity index is 350. The van der Waals surface area contributed by atoms with Crippen LogP contribution in [0.5, 0.6) is 0 Å². The van der Waals surface area contributed by atoms with Gasteiger partial charge in [-0.25, -0.2) is 4.98 Å². The quantitative estimate of drug-likeness (QED) is 0.793. The van der Waals surface area contributed by atoms with Gasteiger partial charge in [0.1, 0.15) is 17.6 Å². The van der Waals surface area contributed by atoms with E-state index in [0.717, 1.165) is 17.9 Å². The van der Waals surface area contributed by atoms with Gasteiger partial charge in [0, 0.05) is 6.54 Å². The molecule has 0 unspecified atom stereocenters. The largest absolute Gasteiger partial charge is 0.370 e. The van der Waals surface area contributed by atoms with E-state index in [0.29, 0.717) is 11.6 Å². The lowest BCUT2D eigenvalue weighted by atomic mass is 10.2. The van der Waals surface area contributed by atoms with E-state index in [-0.39, 0.29) is 0 Å². The summed E-state index contributed by atoms with van der Waals surface area (Å²) in [5, 5.41) is 12.0. The Labute approximate surface area is 84.8 Å². The van der Waals surface area contributed by atoms with Crippen molar-refractivity contribution in [2.45, 2.75) is 20.8 Å². The highest BCUT2D eigenvalue weighted by Gasteiger charge is 2.01. The molecule has 0 aliphatic carbocycles. The molecule has 0 spiro atoms. The van der Waals surface area contributed by atoms with Crippen molar-refractivity contribution in [1.29, 1.82) is 5.26 Å². The number of nitrogens with one attached hydrogen (secondary N) is 1. The van der Waals surface area contributed by atoms with Gasteiger partial charge in [0.2, 0.25) is 0 Å². The molecule has 74 valence electrons. The van der Waals surface area contributed by atoms with Crippen molar-refractivity contribution in [3.8, 4) is 6.07 Å². The van der Waals surface area contributed by atoms with Crippen LogP contribution in [0.2, 0.25) is 0 Å². The zero-order valence-corrected chi connectivity index (χ0v) is 8.83. The van der Waals surface area contributed by atoms with Crippen LogP contribution in [0.4, 0.5) is 5.82 Å². The monoisotopic (exact) mass is 189 g/mol. The van der Waals surface area contributed by atoms with Crippen LogP contribution >= 0.6 is 0 Å². The normalized spacial score (nSPS) is 9.93. The Morgan fingerprint density at radius 1 is 1.50 bits per heavy atom. The first-order valence-corrected chi connectivity index (χ1v) is 4.75. The second kappa shape index (κ2) is 4.61. The van der Waals surface area contributed by atoms with Gasteiger partial charge in [0.25, 0.3) is 0 Å². The lowest BCUT2D eigenvalue weighted by Crippen LogP contribution is -2.09. The maximum atomic E-state index is 8.78. The van der Waals surface area contributed by atoms with Crippen LogP contribution in [0.25, 0.3) is 0 Å². The predicted molar refractivity (Wildman–Crippen MR) is 57.0 cm³/mol.